The number of hydrogen-bond donors (Lipinski definition) is 0. The molecule has 0 aliphatic carbocycles. The first-order valence-electron chi connectivity index (χ1n) is 9.98. The van der Waals surface area contributed by atoms with E-state index in [-0.39, 0.29) is 11.6 Å². The summed E-state index contributed by atoms with van der Waals surface area (Å²) in [5.41, 5.74) is 2.09. The van der Waals surface area contributed by atoms with Crippen LogP contribution in [0.1, 0.15) is 50.8 Å². The quantitative estimate of drug-likeness (QED) is 0.684. The number of ether oxygens (including phenoxy) is 1. The predicted molar refractivity (Wildman–Crippen MR) is 113 cm³/mol. The van der Waals surface area contributed by atoms with Crippen LogP contribution in [0, 0.1) is 5.82 Å². The third kappa shape index (κ3) is 6.55. The standard InChI is InChI=1S/C18H19FN4O2.2C2H6/c1-3-13(4-2)12-25-17-9-15-11-22(7-8-23(15)21-17)18(24)16-6-5-14(19)10-20-16;2*1-2/h3-6,9-10H,1,7-8,11-12H2,2H3;2*1-2H3/b13-4+;;. The molecular weight excluding hydrogens is 371 g/mol. The van der Waals surface area contributed by atoms with Crippen LogP contribution in [0.5, 0.6) is 5.88 Å². The molecule has 0 radical (unpaired) electrons. The van der Waals surface area contributed by atoms with Crippen LogP contribution in [-0.2, 0) is 13.1 Å². The molecular formula is C22H31FN4O2. The van der Waals surface area contributed by atoms with Crippen LogP contribution < -0.4 is 4.74 Å². The number of carbonyl (C=O) groups excluding carboxylic acids is 1. The Bertz CT molecular complexity index is 813. The monoisotopic (exact) mass is 402 g/mol. The Morgan fingerprint density at radius 2 is 2.00 bits per heavy atom. The molecule has 3 heterocycles. The fourth-order valence-electron chi connectivity index (χ4n) is 2.57. The van der Waals surface area contributed by atoms with E-state index in [2.05, 4.69) is 16.7 Å². The van der Waals surface area contributed by atoms with Gasteiger partial charge in [-0.25, -0.2) is 9.37 Å². The second-order valence-electron chi connectivity index (χ2n) is 5.64. The van der Waals surface area contributed by atoms with Crippen LogP contribution in [0.4, 0.5) is 4.39 Å². The maximum Gasteiger partial charge on any atom is 0.272 e. The highest BCUT2D eigenvalue weighted by atomic mass is 19.1. The molecule has 2 aromatic rings. The maximum atomic E-state index is 12.9. The highest BCUT2D eigenvalue weighted by Gasteiger charge is 2.24. The van der Waals surface area contributed by atoms with E-state index in [1.54, 1.807) is 11.0 Å². The van der Waals surface area contributed by atoms with Gasteiger partial charge < -0.3 is 9.64 Å². The largest absolute Gasteiger partial charge is 0.472 e. The molecule has 0 N–H and O–H groups in total. The molecule has 29 heavy (non-hydrogen) atoms. The van der Waals surface area contributed by atoms with Crippen LogP contribution in [0.2, 0.25) is 0 Å². The Morgan fingerprint density at radius 3 is 2.59 bits per heavy atom. The summed E-state index contributed by atoms with van der Waals surface area (Å²) in [5.74, 6) is -0.168. The lowest BCUT2D eigenvalue weighted by atomic mass is 10.2. The molecule has 0 saturated carbocycles. The molecule has 3 rings (SSSR count). The van der Waals surface area contributed by atoms with Crippen molar-refractivity contribution in [3.05, 3.63) is 65.9 Å². The molecule has 0 atom stereocenters. The maximum absolute atomic E-state index is 12.9. The van der Waals surface area contributed by atoms with Crippen molar-refractivity contribution >= 4 is 5.91 Å². The number of allylic oxidation sites excluding steroid dienone is 1. The van der Waals surface area contributed by atoms with Gasteiger partial charge in [-0.1, -0.05) is 46.4 Å². The molecule has 0 bridgehead atoms. The number of nitrogens with zero attached hydrogens (tertiary/aromatic N) is 4. The Labute approximate surface area is 172 Å². The van der Waals surface area contributed by atoms with Gasteiger partial charge >= 0.3 is 0 Å². The zero-order valence-electron chi connectivity index (χ0n) is 18.0. The predicted octanol–water partition coefficient (Wildman–Crippen LogP) is 4.64. The number of amides is 1. The normalized spacial score (nSPS) is 12.6. The SMILES string of the molecule is C=C/C(=C\C)COc1cc2n(n1)CCN(C(=O)c1ccc(F)cn1)C2.CC.CC. The van der Waals surface area contributed by atoms with Crippen molar-refractivity contribution in [2.75, 3.05) is 13.2 Å². The van der Waals surface area contributed by atoms with Crippen LogP contribution in [-0.4, -0.2) is 38.7 Å². The van der Waals surface area contributed by atoms with Gasteiger partial charge in [-0.2, -0.15) is 0 Å². The topological polar surface area (TPSA) is 60.2 Å². The lowest BCUT2D eigenvalue weighted by Gasteiger charge is -2.27. The number of carbonyl (C=O) groups is 1. The van der Waals surface area contributed by atoms with E-state index in [4.69, 9.17) is 4.74 Å². The molecule has 158 valence electrons. The van der Waals surface area contributed by atoms with Crippen molar-refractivity contribution in [2.24, 2.45) is 0 Å². The van der Waals surface area contributed by atoms with Gasteiger partial charge in [-0.05, 0) is 24.6 Å². The first-order valence-corrected chi connectivity index (χ1v) is 9.98. The van der Waals surface area contributed by atoms with Crippen LogP contribution in [0.15, 0.2) is 48.7 Å². The summed E-state index contributed by atoms with van der Waals surface area (Å²) in [4.78, 5) is 18.0. The van der Waals surface area contributed by atoms with Crippen molar-refractivity contribution in [1.82, 2.24) is 19.7 Å². The van der Waals surface area contributed by atoms with Gasteiger partial charge in [-0.3, -0.25) is 9.48 Å². The van der Waals surface area contributed by atoms with Crippen LogP contribution >= 0.6 is 0 Å². The molecule has 0 saturated heterocycles. The first-order chi connectivity index (χ1) is 14.1. The zero-order valence-corrected chi connectivity index (χ0v) is 18.0. The van der Waals surface area contributed by atoms with Gasteiger partial charge in [0.05, 0.1) is 25.0 Å². The zero-order chi connectivity index (χ0) is 21.8. The van der Waals surface area contributed by atoms with E-state index in [0.717, 1.165) is 17.5 Å². The highest BCUT2D eigenvalue weighted by Crippen LogP contribution is 2.20. The molecule has 0 unspecified atom stereocenters. The molecule has 6 nitrogen and oxygen atoms in total. The summed E-state index contributed by atoms with van der Waals surface area (Å²) in [6, 6.07) is 4.46. The second kappa shape index (κ2) is 12.5. The van der Waals surface area contributed by atoms with E-state index >= 15 is 0 Å². The van der Waals surface area contributed by atoms with E-state index in [1.807, 2.05) is 51.4 Å². The van der Waals surface area contributed by atoms with Crippen LogP contribution in [0.25, 0.3) is 0 Å². The average molecular weight is 403 g/mol. The third-order valence-electron chi connectivity index (χ3n) is 4.03. The fourth-order valence-corrected chi connectivity index (χ4v) is 2.57. The van der Waals surface area contributed by atoms with Crippen LogP contribution in [0.3, 0.4) is 0 Å². The Morgan fingerprint density at radius 1 is 1.28 bits per heavy atom. The van der Waals surface area contributed by atoms with Gasteiger partial charge in [0, 0.05) is 12.6 Å². The summed E-state index contributed by atoms with van der Waals surface area (Å²) in [7, 11) is 0. The van der Waals surface area contributed by atoms with Gasteiger partial charge in [-0.15, -0.1) is 5.10 Å². The molecule has 1 aliphatic heterocycles. The van der Waals surface area contributed by atoms with Gasteiger partial charge in [0.25, 0.3) is 5.91 Å². The third-order valence-corrected chi connectivity index (χ3v) is 4.03. The Kier molecular flexibility index (Phi) is 10.4. The number of hydrogen-bond acceptors (Lipinski definition) is 4. The number of pyridine rings is 1. The number of fused-ring (bicyclic) bond motifs is 1. The van der Waals surface area contributed by atoms with E-state index in [1.165, 1.54) is 12.1 Å². The van der Waals surface area contributed by atoms with Crippen molar-refractivity contribution in [3.63, 3.8) is 0 Å². The summed E-state index contributed by atoms with van der Waals surface area (Å²) in [6.45, 7) is 15.5. The summed E-state index contributed by atoms with van der Waals surface area (Å²) < 4.78 is 20.5. The summed E-state index contributed by atoms with van der Waals surface area (Å²) in [6.07, 6.45) is 4.72. The van der Waals surface area contributed by atoms with E-state index in [9.17, 15) is 9.18 Å². The van der Waals surface area contributed by atoms with Gasteiger partial charge in [0.15, 0.2) is 0 Å². The van der Waals surface area contributed by atoms with Gasteiger partial charge in [0.2, 0.25) is 5.88 Å². The lowest BCUT2D eigenvalue weighted by Crippen LogP contribution is -2.38. The Balaban J connectivity index is 0.000000989. The number of rotatable bonds is 5. The second-order valence-corrected chi connectivity index (χ2v) is 5.64. The fraction of sp³-hybridized carbons (Fsp3) is 0.409. The highest BCUT2D eigenvalue weighted by molar-refractivity contribution is 5.92. The van der Waals surface area contributed by atoms with Crippen molar-refractivity contribution in [2.45, 2.75) is 47.7 Å². The van der Waals surface area contributed by atoms with Crippen molar-refractivity contribution in [3.8, 4) is 5.88 Å². The van der Waals surface area contributed by atoms with Gasteiger partial charge in [0.1, 0.15) is 18.1 Å². The molecule has 0 aromatic carbocycles. The molecule has 7 heteroatoms. The molecule has 0 spiro atoms. The first kappa shape index (κ1) is 24.1. The molecule has 1 amide bonds. The number of aromatic nitrogens is 3. The number of halogens is 1. The summed E-state index contributed by atoms with van der Waals surface area (Å²) >= 11 is 0. The molecule has 2 aromatic heterocycles. The van der Waals surface area contributed by atoms with E-state index < -0.39 is 5.82 Å². The lowest BCUT2D eigenvalue weighted by molar-refractivity contribution is 0.0700. The minimum Gasteiger partial charge on any atom is -0.472 e. The van der Waals surface area contributed by atoms with Crippen molar-refractivity contribution in [1.29, 1.82) is 0 Å². The summed E-state index contributed by atoms with van der Waals surface area (Å²) in [5, 5.41) is 4.40. The minimum absolute atomic E-state index is 0.224. The average Bonchev–Trinajstić information content (AvgIpc) is 3.19. The minimum atomic E-state index is -0.463. The van der Waals surface area contributed by atoms with E-state index in [0.29, 0.717) is 32.1 Å². The van der Waals surface area contributed by atoms with Crippen molar-refractivity contribution < 1.29 is 13.9 Å². The molecule has 1 aliphatic rings. The Hall–Kier alpha value is -2.96. The molecule has 0 fully saturated rings. The smallest absolute Gasteiger partial charge is 0.272 e.